The molecule has 30 heavy (non-hydrogen) atoms. The summed E-state index contributed by atoms with van der Waals surface area (Å²) in [5.41, 5.74) is 1.76. The zero-order chi connectivity index (χ0) is 21.5. The van der Waals surface area contributed by atoms with Crippen LogP contribution in [-0.4, -0.2) is 33.9 Å². The van der Waals surface area contributed by atoms with E-state index in [0.717, 1.165) is 5.56 Å². The number of carboxylic acid groups (broad SMARTS) is 1. The Morgan fingerprint density at radius 1 is 1.20 bits per heavy atom. The van der Waals surface area contributed by atoms with Gasteiger partial charge in [0.25, 0.3) is 5.89 Å². The second-order valence-electron chi connectivity index (χ2n) is 6.75. The highest BCUT2D eigenvalue weighted by molar-refractivity contribution is 5.69. The number of aliphatic carboxylic acids is 1. The molecule has 0 bridgehead atoms. The van der Waals surface area contributed by atoms with Crippen LogP contribution in [0.1, 0.15) is 26.7 Å². The molecular weight excluding hydrogens is 386 g/mol. The molecule has 0 aliphatic heterocycles. The molecule has 0 aliphatic carbocycles. The Labute approximate surface area is 173 Å². The van der Waals surface area contributed by atoms with Crippen LogP contribution in [0.15, 0.2) is 47.0 Å². The minimum atomic E-state index is -0.840. The van der Waals surface area contributed by atoms with Gasteiger partial charge in [-0.1, -0.05) is 5.16 Å². The molecule has 3 aromatic rings. The number of benzene rings is 2. The maximum Gasteiger partial charge on any atom is 0.303 e. The lowest BCUT2D eigenvalue weighted by atomic mass is 10.1. The third-order valence-corrected chi connectivity index (χ3v) is 4.03. The lowest BCUT2D eigenvalue weighted by Gasteiger charge is -2.11. The predicted octanol–water partition coefficient (Wildman–Crippen LogP) is 4.99. The number of ether oxygens (including phenoxy) is 2. The van der Waals surface area contributed by atoms with E-state index in [4.69, 9.17) is 25.7 Å². The molecular formula is C22H21N3O5. The first-order valence-corrected chi connectivity index (χ1v) is 9.43. The Kier molecular flexibility index (Phi) is 6.65. The standard InChI is InChI=1S/C22H21N3O5/c1-14(2)29-19-11-8-16(13-18(19)23-3)22-24-21(25-30-22)15-6-9-17(10-7-15)28-12-4-5-20(26)27/h6-11,13-14H,4-5,12H2,1-2H3,(H,26,27). The molecule has 0 spiro atoms. The fourth-order valence-corrected chi connectivity index (χ4v) is 2.66. The first kappa shape index (κ1) is 20.9. The molecule has 0 fully saturated rings. The fraction of sp³-hybridized carbons (Fsp3) is 0.273. The fourth-order valence-electron chi connectivity index (χ4n) is 2.66. The largest absolute Gasteiger partial charge is 0.502 e. The zero-order valence-corrected chi connectivity index (χ0v) is 16.7. The van der Waals surface area contributed by atoms with Crippen LogP contribution >= 0.6 is 0 Å². The predicted molar refractivity (Wildman–Crippen MR) is 110 cm³/mol. The monoisotopic (exact) mass is 407 g/mol. The van der Waals surface area contributed by atoms with E-state index < -0.39 is 5.97 Å². The molecule has 0 saturated heterocycles. The SMILES string of the molecule is [C-]#[N+]c1cc(-c2nc(-c3ccc(OCCCC(=O)O)cc3)no2)ccc1OC(C)C. The van der Waals surface area contributed by atoms with Crippen LogP contribution in [0.2, 0.25) is 0 Å². The quantitative estimate of drug-likeness (QED) is 0.394. The van der Waals surface area contributed by atoms with Crippen LogP contribution in [0.3, 0.4) is 0 Å². The smallest absolute Gasteiger partial charge is 0.303 e. The van der Waals surface area contributed by atoms with E-state index in [1.165, 1.54) is 0 Å². The summed E-state index contributed by atoms with van der Waals surface area (Å²) >= 11 is 0. The molecule has 8 heteroatoms. The van der Waals surface area contributed by atoms with Crippen molar-refractivity contribution in [2.75, 3.05) is 6.61 Å². The number of aromatic nitrogens is 2. The Morgan fingerprint density at radius 2 is 1.93 bits per heavy atom. The summed E-state index contributed by atoms with van der Waals surface area (Å²) in [6.45, 7) is 11.5. The Hall–Kier alpha value is -3.86. The maximum atomic E-state index is 10.5. The van der Waals surface area contributed by atoms with Crippen LogP contribution < -0.4 is 9.47 Å². The molecule has 0 radical (unpaired) electrons. The van der Waals surface area contributed by atoms with E-state index in [0.29, 0.717) is 47.5 Å². The van der Waals surface area contributed by atoms with E-state index >= 15 is 0 Å². The molecule has 1 heterocycles. The van der Waals surface area contributed by atoms with Crippen molar-refractivity contribution in [2.24, 2.45) is 0 Å². The van der Waals surface area contributed by atoms with Gasteiger partial charge < -0.3 is 19.1 Å². The summed E-state index contributed by atoms with van der Waals surface area (Å²) < 4.78 is 16.5. The normalized spacial score (nSPS) is 10.6. The van der Waals surface area contributed by atoms with Gasteiger partial charge in [-0.25, -0.2) is 4.85 Å². The lowest BCUT2D eigenvalue weighted by molar-refractivity contribution is -0.137. The highest BCUT2D eigenvalue weighted by Gasteiger charge is 2.14. The summed E-state index contributed by atoms with van der Waals surface area (Å²) in [5.74, 6) is 1.03. The average Bonchev–Trinajstić information content (AvgIpc) is 3.21. The van der Waals surface area contributed by atoms with Crippen LogP contribution in [0.25, 0.3) is 27.7 Å². The van der Waals surface area contributed by atoms with Crippen molar-refractivity contribution in [3.63, 3.8) is 0 Å². The van der Waals surface area contributed by atoms with Crippen LogP contribution in [0.5, 0.6) is 11.5 Å². The number of hydrogen-bond acceptors (Lipinski definition) is 6. The Morgan fingerprint density at radius 3 is 2.60 bits per heavy atom. The van der Waals surface area contributed by atoms with Crippen molar-refractivity contribution in [1.82, 2.24) is 10.1 Å². The summed E-state index contributed by atoms with van der Waals surface area (Å²) in [6.07, 6.45) is 0.484. The van der Waals surface area contributed by atoms with Gasteiger partial charge in [-0.2, -0.15) is 4.98 Å². The average molecular weight is 407 g/mol. The number of carbonyl (C=O) groups is 1. The summed E-state index contributed by atoms with van der Waals surface area (Å²) in [6, 6.07) is 12.3. The minimum Gasteiger partial charge on any atom is -0.502 e. The first-order chi connectivity index (χ1) is 14.5. The van der Waals surface area contributed by atoms with Gasteiger partial charge in [0.15, 0.2) is 0 Å². The molecule has 0 amide bonds. The summed E-state index contributed by atoms with van der Waals surface area (Å²) in [5, 5.41) is 12.6. The van der Waals surface area contributed by atoms with E-state index in [1.54, 1.807) is 42.5 Å². The molecule has 0 aliphatic rings. The number of rotatable bonds is 9. The van der Waals surface area contributed by atoms with Gasteiger partial charge in [0.2, 0.25) is 11.5 Å². The van der Waals surface area contributed by atoms with Crippen LogP contribution in [-0.2, 0) is 4.79 Å². The van der Waals surface area contributed by atoms with E-state index in [2.05, 4.69) is 15.0 Å². The van der Waals surface area contributed by atoms with Gasteiger partial charge in [0.1, 0.15) is 11.5 Å². The van der Waals surface area contributed by atoms with Gasteiger partial charge in [0.05, 0.1) is 19.3 Å². The van der Waals surface area contributed by atoms with Gasteiger partial charge >= 0.3 is 5.97 Å². The maximum absolute atomic E-state index is 10.5. The Bertz CT molecular complexity index is 1050. The van der Waals surface area contributed by atoms with Crippen LogP contribution in [0, 0.1) is 6.57 Å². The van der Waals surface area contributed by atoms with Crippen molar-refractivity contribution in [3.8, 4) is 34.3 Å². The molecule has 3 rings (SSSR count). The minimum absolute atomic E-state index is 0.0320. The van der Waals surface area contributed by atoms with Crippen molar-refractivity contribution >= 4 is 11.7 Å². The van der Waals surface area contributed by atoms with E-state index in [-0.39, 0.29) is 12.5 Å². The van der Waals surface area contributed by atoms with Gasteiger partial charge in [-0.05, 0) is 62.7 Å². The molecule has 8 nitrogen and oxygen atoms in total. The van der Waals surface area contributed by atoms with Gasteiger partial charge in [-0.3, -0.25) is 4.79 Å². The van der Waals surface area contributed by atoms with Crippen molar-refractivity contribution in [2.45, 2.75) is 32.8 Å². The highest BCUT2D eigenvalue weighted by atomic mass is 16.5. The summed E-state index contributed by atoms with van der Waals surface area (Å²) in [7, 11) is 0. The highest BCUT2D eigenvalue weighted by Crippen LogP contribution is 2.33. The van der Waals surface area contributed by atoms with Gasteiger partial charge in [-0.15, -0.1) is 0 Å². The number of nitrogens with zero attached hydrogens (tertiary/aromatic N) is 3. The van der Waals surface area contributed by atoms with Crippen molar-refractivity contribution in [3.05, 3.63) is 53.9 Å². The molecule has 0 unspecified atom stereocenters. The second kappa shape index (κ2) is 9.56. The van der Waals surface area contributed by atoms with Gasteiger partial charge in [0, 0.05) is 17.5 Å². The first-order valence-electron chi connectivity index (χ1n) is 9.43. The van der Waals surface area contributed by atoms with E-state index in [1.807, 2.05) is 13.8 Å². The Balaban J connectivity index is 1.70. The molecule has 0 saturated carbocycles. The van der Waals surface area contributed by atoms with Crippen molar-refractivity contribution in [1.29, 1.82) is 0 Å². The molecule has 154 valence electrons. The third-order valence-electron chi connectivity index (χ3n) is 4.03. The topological polar surface area (TPSA) is 99.0 Å². The number of carboxylic acids is 1. The summed E-state index contributed by atoms with van der Waals surface area (Å²) in [4.78, 5) is 18.4. The number of hydrogen-bond donors (Lipinski definition) is 1. The van der Waals surface area contributed by atoms with Crippen molar-refractivity contribution < 1.29 is 23.9 Å². The zero-order valence-electron chi connectivity index (χ0n) is 16.7. The molecule has 1 N–H and O–H groups in total. The van der Waals surface area contributed by atoms with Crippen LogP contribution in [0.4, 0.5) is 5.69 Å². The molecule has 0 atom stereocenters. The second-order valence-corrected chi connectivity index (χ2v) is 6.75. The third kappa shape index (κ3) is 5.35. The van der Waals surface area contributed by atoms with E-state index in [9.17, 15) is 4.79 Å². The molecule has 1 aromatic heterocycles. The molecule has 2 aromatic carbocycles. The lowest BCUT2D eigenvalue weighted by Crippen LogP contribution is -2.05.